The van der Waals surface area contributed by atoms with Gasteiger partial charge in [-0.05, 0) is 88.6 Å². The summed E-state index contributed by atoms with van der Waals surface area (Å²) in [6.07, 6.45) is 1.55. The van der Waals surface area contributed by atoms with E-state index < -0.39 is 0 Å². The maximum absolute atomic E-state index is 13.1. The predicted molar refractivity (Wildman–Crippen MR) is 162 cm³/mol. The van der Waals surface area contributed by atoms with Crippen molar-refractivity contribution in [2.24, 2.45) is 5.10 Å². The van der Waals surface area contributed by atoms with Crippen LogP contribution in [0.5, 0.6) is 5.75 Å². The number of carbonyl (C=O) groups excluding carboxylic acids is 1. The van der Waals surface area contributed by atoms with Gasteiger partial charge in [0.2, 0.25) is 0 Å². The topological polar surface area (TPSA) is 75.6 Å². The van der Waals surface area contributed by atoms with Crippen molar-refractivity contribution in [1.29, 1.82) is 0 Å². The summed E-state index contributed by atoms with van der Waals surface area (Å²) in [7, 11) is 0. The number of aryl methyl sites for hydroxylation is 1. The molecule has 0 aliphatic rings. The number of benzene rings is 4. The molecule has 1 aromatic heterocycles. The number of aromatic nitrogens is 1. The molecule has 0 fully saturated rings. The van der Waals surface area contributed by atoms with Crippen LogP contribution >= 0.6 is 27.3 Å². The molecule has 6 nitrogen and oxygen atoms in total. The third-order valence-corrected chi connectivity index (χ3v) is 7.27. The molecule has 40 heavy (non-hydrogen) atoms. The van der Waals surface area contributed by atoms with E-state index in [0.29, 0.717) is 17.9 Å². The number of hydrazone groups is 1. The Labute approximate surface area is 243 Å². The van der Waals surface area contributed by atoms with Crippen LogP contribution in [-0.2, 0) is 6.61 Å². The summed E-state index contributed by atoms with van der Waals surface area (Å²) in [5.74, 6) is 0.0410. The predicted octanol–water partition coefficient (Wildman–Crippen LogP) is 8.11. The molecule has 0 saturated heterocycles. The second kappa shape index (κ2) is 12.7. The monoisotopic (exact) mass is 614 g/mol. The van der Waals surface area contributed by atoms with E-state index in [1.807, 2.05) is 53.9 Å². The molecular weight excluding hydrogens is 591 g/mol. The number of ether oxygens (including phenoxy) is 1. The van der Waals surface area contributed by atoms with Crippen LogP contribution in [0.25, 0.3) is 11.3 Å². The molecule has 0 spiro atoms. The van der Waals surface area contributed by atoms with Gasteiger partial charge in [0, 0.05) is 22.2 Å². The number of thiazole rings is 1. The fraction of sp³-hybridized carbons (Fsp3) is 0.0645. The first kappa shape index (κ1) is 27.2. The van der Waals surface area contributed by atoms with E-state index in [1.165, 1.54) is 29.0 Å². The third kappa shape index (κ3) is 7.19. The Morgan fingerprint density at radius 3 is 2.50 bits per heavy atom. The highest BCUT2D eigenvalue weighted by Gasteiger charge is 2.09. The molecule has 5 aromatic rings. The van der Waals surface area contributed by atoms with E-state index in [9.17, 15) is 9.18 Å². The highest BCUT2D eigenvalue weighted by atomic mass is 79.9. The fourth-order valence-corrected chi connectivity index (χ4v) is 4.95. The summed E-state index contributed by atoms with van der Waals surface area (Å²) in [6, 6.07) is 27.0. The lowest BCUT2D eigenvalue weighted by molar-refractivity contribution is 0.0955. The van der Waals surface area contributed by atoms with Crippen molar-refractivity contribution in [2.45, 2.75) is 13.5 Å². The first-order valence-corrected chi connectivity index (χ1v) is 14.0. The minimum atomic E-state index is -0.318. The van der Waals surface area contributed by atoms with E-state index in [0.717, 1.165) is 37.7 Å². The first-order valence-electron chi connectivity index (χ1n) is 12.3. The van der Waals surface area contributed by atoms with Gasteiger partial charge in [-0.15, -0.1) is 11.3 Å². The van der Waals surface area contributed by atoms with Gasteiger partial charge in [0.1, 0.15) is 18.2 Å². The van der Waals surface area contributed by atoms with Crippen LogP contribution in [0.2, 0.25) is 0 Å². The SMILES string of the molecule is Cc1ccc(Nc2nc(-c3ccc(C(=O)N/N=C\c4ccc(OCc5ccc(F)cc5)c(Br)c4)cc3)cs2)cc1. The smallest absolute Gasteiger partial charge is 0.271 e. The minimum absolute atomic E-state index is 0.283. The summed E-state index contributed by atoms with van der Waals surface area (Å²) in [4.78, 5) is 17.2. The minimum Gasteiger partial charge on any atom is -0.488 e. The second-order valence-corrected chi connectivity index (χ2v) is 10.6. The van der Waals surface area contributed by atoms with E-state index in [1.54, 1.807) is 36.5 Å². The maximum atomic E-state index is 13.1. The highest BCUT2D eigenvalue weighted by Crippen LogP contribution is 2.28. The number of halogens is 2. The van der Waals surface area contributed by atoms with Crippen molar-refractivity contribution >= 4 is 50.2 Å². The highest BCUT2D eigenvalue weighted by molar-refractivity contribution is 9.10. The molecule has 9 heteroatoms. The first-order chi connectivity index (χ1) is 19.4. The van der Waals surface area contributed by atoms with Crippen molar-refractivity contribution in [1.82, 2.24) is 10.4 Å². The fourth-order valence-electron chi connectivity index (χ4n) is 3.70. The molecule has 200 valence electrons. The van der Waals surface area contributed by atoms with Crippen LogP contribution in [-0.4, -0.2) is 17.1 Å². The van der Waals surface area contributed by atoms with E-state index in [4.69, 9.17) is 4.74 Å². The van der Waals surface area contributed by atoms with Gasteiger partial charge >= 0.3 is 0 Å². The quantitative estimate of drug-likeness (QED) is 0.130. The molecule has 2 N–H and O–H groups in total. The van der Waals surface area contributed by atoms with Crippen LogP contribution in [0.15, 0.2) is 106 Å². The molecule has 1 heterocycles. The van der Waals surface area contributed by atoms with E-state index >= 15 is 0 Å². The summed E-state index contributed by atoms with van der Waals surface area (Å²) in [5.41, 5.74) is 8.61. The largest absolute Gasteiger partial charge is 0.488 e. The average molecular weight is 616 g/mol. The Balaban J connectivity index is 1.14. The van der Waals surface area contributed by atoms with Gasteiger partial charge in [0.05, 0.1) is 16.4 Å². The molecule has 0 atom stereocenters. The van der Waals surface area contributed by atoms with Gasteiger partial charge in [0.15, 0.2) is 5.13 Å². The zero-order valence-corrected chi connectivity index (χ0v) is 23.8. The molecule has 0 aliphatic carbocycles. The molecular formula is C31H24BrFN4O2S. The van der Waals surface area contributed by atoms with Gasteiger partial charge in [-0.1, -0.05) is 42.0 Å². The Morgan fingerprint density at radius 2 is 1.77 bits per heavy atom. The lowest BCUT2D eigenvalue weighted by Gasteiger charge is -2.09. The van der Waals surface area contributed by atoms with Crippen molar-refractivity contribution in [3.8, 4) is 17.0 Å². The van der Waals surface area contributed by atoms with Crippen LogP contribution in [0.4, 0.5) is 15.2 Å². The van der Waals surface area contributed by atoms with Gasteiger partial charge in [-0.25, -0.2) is 14.8 Å². The molecule has 0 unspecified atom stereocenters. The third-order valence-electron chi connectivity index (χ3n) is 5.89. The maximum Gasteiger partial charge on any atom is 0.271 e. The number of hydrogen-bond acceptors (Lipinski definition) is 6. The van der Waals surface area contributed by atoms with Crippen molar-refractivity contribution in [3.63, 3.8) is 0 Å². The molecule has 0 saturated carbocycles. The standard InChI is InChI=1S/C31H24BrFN4O2S/c1-20-2-13-26(14-3-20)35-31-36-28(19-40-31)23-7-9-24(10-8-23)30(38)37-34-17-22-6-15-29(27(32)16-22)39-18-21-4-11-25(33)12-5-21/h2-17,19H,18H2,1H3,(H,35,36)(H,37,38)/b34-17-. The van der Waals surface area contributed by atoms with E-state index in [2.05, 4.69) is 43.7 Å². The lowest BCUT2D eigenvalue weighted by atomic mass is 10.1. The lowest BCUT2D eigenvalue weighted by Crippen LogP contribution is -2.17. The zero-order chi connectivity index (χ0) is 27.9. The van der Waals surface area contributed by atoms with Crippen molar-refractivity contribution < 1.29 is 13.9 Å². The molecule has 0 bridgehead atoms. The van der Waals surface area contributed by atoms with Crippen molar-refractivity contribution in [3.05, 3.63) is 129 Å². The molecule has 4 aromatic carbocycles. The average Bonchev–Trinajstić information content (AvgIpc) is 3.43. The number of nitrogens with one attached hydrogen (secondary N) is 2. The Hall–Kier alpha value is -4.34. The van der Waals surface area contributed by atoms with Crippen LogP contribution in [0, 0.1) is 12.7 Å². The van der Waals surface area contributed by atoms with Crippen molar-refractivity contribution in [2.75, 3.05) is 5.32 Å². The number of carbonyl (C=O) groups is 1. The summed E-state index contributed by atoms with van der Waals surface area (Å²) < 4.78 is 19.6. The normalized spacial score (nSPS) is 11.0. The van der Waals surface area contributed by atoms with Gasteiger partial charge < -0.3 is 10.1 Å². The number of rotatable bonds is 9. The zero-order valence-electron chi connectivity index (χ0n) is 21.4. The van der Waals surface area contributed by atoms with E-state index in [-0.39, 0.29) is 11.7 Å². The number of hydrogen-bond donors (Lipinski definition) is 2. The summed E-state index contributed by atoms with van der Waals surface area (Å²) >= 11 is 5.02. The van der Waals surface area contributed by atoms with Gasteiger partial charge in [-0.2, -0.15) is 5.10 Å². The summed E-state index contributed by atoms with van der Waals surface area (Å²) in [5, 5.41) is 10.2. The Morgan fingerprint density at radius 1 is 1.02 bits per heavy atom. The molecule has 0 aliphatic heterocycles. The van der Waals surface area contributed by atoms with Crippen LogP contribution in [0.3, 0.4) is 0 Å². The molecule has 1 amide bonds. The second-order valence-electron chi connectivity index (χ2n) is 8.91. The van der Waals surface area contributed by atoms with Crippen LogP contribution < -0.4 is 15.5 Å². The number of nitrogens with zero attached hydrogens (tertiary/aromatic N) is 2. The van der Waals surface area contributed by atoms with Gasteiger partial charge in [0.25, 0.3) is 5.91 Å². The molecule has 0 radical (unpaired) electrons. The summed E-state index contributed by atoms with van der Waals surface area (Å²) in [6.45, 7) is 2.37. The Bertz CT molecular complexity index is 1640. The Kier molecular flexibility index (Phi) is 8.63. The number of anilines is 2. The van der Waals surface area contributed by atoms with Crippen LogP contribution in [0.1, 0.15) is 27.0 Å². The number of amides is 1. The molecule has 5 rings (SSSR count). The van der Waals surface area contributed by atoms with Gasteiger partial charge in [-0.3, -0.25) is 4.79 Å².